The van der Waals surface area contributed by atoms with Gasteiger partial charge in [0.1, 0.15) is 0 Å². The molecule has 0 aliphatic carbocycles. The molecular weight excluding hydrogens is 381 g/mol. The number of aliphatic hydroxyl groups is 2. The van der Waals surface area contributed by atoms with Crippen molar-refractivity contribution in [2.45, 2.75) is 70.9 Å². The van der Waals surface area contributed by atoms with Gasteiger partial charge >= 0.3 is 0 Å². The van der Waals surface area contributed by atoms with E-state index in [4.69, 9.17) is 4.74 Å². The first-order valence-corrected chi connectivity index (χ1v) is 10.2. The van der Waals surface area contributed by atoms with E-state index < -0.39 is 30.0 Å². The van der Waals surface area contributed by atoms with Crippen molar-refractivity contribution < 1.29 is 28.1 Å². The molecule has 0 amide bonds. The van der Waals surface area contributed by atoms with Crippen molar-refractivity contribution in [1.29, 1.82) is 0 Å². The molecule has 0 heterocycles. The molecular formula is C23H29F3O3. The zero-order valence-corrected chi connectivity index (χ0v) is 16.7. The molecule has 0 fully saturated rings. The predicted molar refractivity (Wildman–Crippen MR) is 106 cm³/mol. The van der Waals surface area contributed by atoms with Crippen LogP contribution in [0.2, 0.25) is 0 Å². The predicted octanol–water partition coefficient (Wildman–Crippen LogP) is 6.24. The summed E-state index contributed by atoms with van der Waals surface area (Å²) in [6.07, 6.45) is 8.07. The van der Waals surface area contributed by atoms with E-state index in [0.717, 1.165) is 37.0 Å². The Morgan fingerprint density at radius 2 is 1.34 bits per heavy atom. The van der Waals surface area contributed by atoms with E-state index >= 15 is 0 Å². The molecule has 0 saturated heterocycles. The van der Waals surface area contributed by atoms with Crippen molar-refractivity contribution in [2.24, 2.45) is 0 Å². The van der Waals surface area contributed by atoms with Crippen LogP contribution in [0.3, 0.4) is 0 Å². The number of aliphatic hydroxyl groups excluding tert-OH is 1. The second-order valence-corrected chi connectivity index (χ2v) is 7.24. The van der Waals surface area contributed by atoms with Crippen LogP contribution < -0.4 is 0 Å². The van der Waals surface area contributed by atoms with Crippen LogP contribution >= 0.6 is 0 Å². The normalized spacial score (nSPS) is 12.5. The standard InChI is InChI=1S/C23H29F3O3/c1-2-3-4-5-6-7-8-9-21(29-23(27)28)17-12-10-16(11-13-17)18-14-19(24)22(26)20(25)15-18/h10-15,21,23,27-28H,2-9H2,1H3. The van der Waals surface area contributed by atoms with Crippen molar-refractivity contribution in [3.8, 4) is 11.1 Å². The van der Waals surface area contributed by atoms with Crippen molar-refractivity contribution in [3.05, 3.63) is 59.4 Å². The lowest BCUT2D eigenvalue weighted by Crippen LogP contribution is -2.15. The average Bonchev–Trinajstić information content (AvgIpc) is 2.70. The fourth-order valence-corrected chi connectivity index (χ4v) is 3.36. The Morgan fingerprint density at radius 3 is 1.90 bits per heavy atom. The molecule has 2 N–H and O–H groups in total. The Hall–Kier alpha value is -1.89. The zero-order chi connectivity index (χ0) is 21.2. The van der Waals surface area contributed by atoms with Crippen LogP contribution in [0.1, 0.15) is 70.0 Å². The van der Waals surface area contributed by atoms with Gasteiger partial charge < -0.3 is 14.9 Å². The number of hydrogen-bond acceptors (Lipinski definition) is 3. The van der Waals surface area contributed by atoms with E-state index in [1.807, 2.05) is 0 Å². The summed E-state index contributed by atoms with van der Waals surface area (Å²) in [7, 11) is 0. The highest BCUT2D eigenvalue weighted by molar-refractivity contribution is 5.64. The van der Waals surface area contributed by atoms with Crippen LogP contribution in [0.5, 0.6) is 0 Å². The zero-order valence-electron chi connectivity index (χ0n) is 16.7. The maximum Gasteiger partial charge on any atom is 0.267 e. The molecule has 0 spiro atoms. The van der Waals surface area contributed by atoms with Gasteiger partial charge in [0.25, 0.3) is 6.48 Å². The molecule has 160 valence electrons. The highest BCUT2D eigenvalue weighted by Gasteiger charge is 2.16. The van der Waals surface area contributed by atoms with Crippen molar-refractivity contribution in [1.82, 2.24) is 0 Å². The van der Waals surface area contributed by atoms with E-state index in [0.29, 0.717) is 12.0 Å². The fraction of sp³-hybridized carbons (Fsp3) is 0.478. The second-order valence-electron chi connectivity index (χ2n) is 7.24. The van der Waals surface area contributed by atoms with Gasteiger partial charge in [-0.15, -0.1) is 0 Å². The van der Waals surface area contributed by atoms with Crippen molar-refractivity contribution in [2.75, 3.05) is 0 Å². The Bertz CT molecular complexity index is 725. The molecule has 0 aliphatic rings. The summed E-state index contributed by atoms with van der Waals surface area (Å²) < 4.78 is 45.3. The first-order chi connectivity index (χ1) is 13.9. The molecule has 0 bridgehead atoms. The third-order valence-electron chi connectivity index (χ3n) is 4.96. The van der Waals surface area contributed by atoms with Gasteiger partial charge in [-0.2, -0.15) is 0 Å². The van der Waals surface area contributed by atoms with Crippen LogP contribution in [0, 0.1) is 17.5 Å². The van der Waals surface area contributed by atoms with Gasteiger partial charge in [-0.05, 0) is 35.2 Å². The highest BCUT2D eigenvalue weighted by Crippen LogP contribution is 2.29. The first kappa shape index (κ1) is 23.4. The summed E-state index contributed by atoms with van der Waals surface area (Å²) in [5.74, 6) is -3.98. The topological polar surface area (TPSA) is 49.7 Å². The van der Waals surface area contributed by atoms with Gasteiger partial charge in [0.15, 0.2) is 17.5 Å². The monoisotopic (exact) mass is 410 g/mol. The van der Waals surface area contributed by atoms with Gasteiger partial charge in [-0.1, -0.05) is 76.1 Å². The molecule has 1 unspecified atom stereocenters. The van der Waals surface area contributed by atoms with E-state index in [1.54, 1.807) is 24.3 Å². The Morgan fingerprint density at radius 1 is 0.793 bits per heavy atom. The molecule has 0 aliphatic heterocycles. The summed E-state index contributed by atoms with van der Waals surface area (Å²) in [5.41, 5.74) is 1.47. The van der Waals surface area contributed by atoms with Gasteiger partial charge in [-0.25, -0.2) is 13.2 Å². The maximum absolute atomic E-state index is 13.5. The molecule has 6 heteroatoms. The largest absolute Gasteiger partial charge is 0.346 e. The van der Waals surface area contributed by atoms with Gasteiger partial charge in [0.2, 0.25) is 0 Å². The summed E-state index contributed by atoms with van der Waals surface area (Å²) in [6, 6.07) is 8.60. The third kappa shape index (κ3) is 7.46. The SMILES string of the molecule is CCCCCCCCCC(OC(O)O)c1ccc(-c2cc(F)c(F)c(F)c2)cc1. The van der Waals surface area contributed by atoms with E-state index in [-0.39, 0.29) is 5.56 Å². The fourth-order valence-electron chi connectivity index (χ4n) is 3.36. The molecule has 29 heavy (non-hydrogen) atoms. The van der Waals surface area contributed by atoms with Crippen molar-refractivity contribution in [3.63, 3.8) is 0 Å². The van der Waals surface area contributed by atoms with E-state index in [9.17, 15) is 23.4 Å². The van der Waals surface area contributed by atoms with Crippen LogP contribution in [0.4, 0.5) is 13.2 Å². The summed E-state index contributed by atoms with van der Waals surface area (Å²) >= 11 is 0. The minimum atomic E-state index is -1.88. The first-order valence-electron chi connectivity index (χ1n) is 10.2. The van der Waals surface area contributed by atoms with Crippen LogP contribution in [0.15, 0.2) is 36.4 Å². The minimum absolute atomic E-state index is 0.222. The lowest BCUT2D eigenvalue weighted by Gasteiger charge is -2.20. The summed E-state index contributed by atoms with van der Waals surface area (Å²) in [6.45, 7) is 0.292. The van der Waals surface area contributed by atoms with Crippen LogP contribution in [-0.4, -0.2) is 16.7 Å². The van der Waals surface area contributed by atoms with Gasteiger partial charge in [-0.3, -0.25) is 0 Å². The number of rotatable bonds is 12. The lowest BCUT2D eigenvalue weighted by atomic mass is 9.98. The molecule has 3 nitrogen and oxygen atoms in total. The minimum Gasteiger partial charge on any atom is -0.346 e. The Kier molecular flexibility index (Phi) is 9.64. The third-order valence-corrected chi connectivity index (χ3v) is 4.96. The average molecular weight is 410 g/mol. The number of halogens is 3. The number of ether oxygens (including phenoxy) is 1. The molecule has 0 aromatic heterocycles. The molecule has 2 rings (SSSR count). The van der Waals surface area contributed by atoms with E-state index in [1.165, 1.54) is 25.7 Å². The summed E-state index contributed by atoms with van der Waals surface area (Å²) in [5, 5.41) is 18.4. The van der Waals surface area contributed by atoms with Crippen LogP contribution in [-0.2, 0) is 4.74 Å². The molecule has 0 saturated carbocycles. The Balaban J connectivity index is 2.00. The molecule has 0 radical (unpaired) electrons. The quantitative estimate of drug-likeness (QED) is 0.247. The van der Waals surface area contributed by atoms with Gasteiger partial charge in [0.05, 0.1) is 6.10 Å². The van der Waals surface area contributed by atoms with E-state index in [2.05, 4.69) is 6.92 Å². The van der Waals surface area contributed by atoms with Gasteiger partial charge in [0, 0.05) is 0 Å². The number of unbranched alkanes of at least 4 members (excludes halogenated alkanes) is 6. The molecule has 2 aromatic carbocycles. The smallest absolute Gasteiger partial charge is 0.267 e. The molecule has 1 atom stereocenters. The number of benzene rings is 2. The molecule has 2 aromatic rings. The maximum atomic E-state index is 13.5. The Labute approximate surface area is 170 Å². The highest BCUT2D eigenvalue weighted by atomic mass is 19.2. The van der Waals surface area contributed by atoms with Crippen LogP contribution in [0.25, 0.3) is 11.1 Å². The summed E-state index contributed by atoms with van der Waals surface area (Å²) in [4.78, 5) is 0. The van der Waals surface area contributed by atoms with Crippen molar-refractivity contribution >= 4 is 0 Å². The number of hydrogen-bond donors (Lipinski definition) is 2. The second kappa shape index (κ2) is 12.0. The lowest BCUT2D eigenvalue weighted by molar-refractivity contribution is -0.259.